The molecule has 0 atom stereocenters. The van der Waals surface area contributed by atoms with Crippen LogP contribution in [0.4, 0.5) is 0 Å². The van der Waals surface area contributed by atoms with Crippen molar-refractivity contribution in [1.82, 2.24) is 10.6 Å². The average molecular weight is 386 g/mol. The first kappa shape index (κ1) is 21.4. The fraction of sp³-hybridized carbons (Fsp3) is 0.409. The lowest BCUT2D eigenvalue weighted by molar-refractivity contribution is 0.242. The van der Waals surface area contributed by atoms with E-state index in [-0.39, 0.29) is 6.10 Å². The maximum absolute atomic E-state index is 5.67. The zero-order chi connectivity index (χ0) is 20.4. The topological polar surface area (TPSA) is 64.1 Å². The molecule has 28 heavy (non-hydrogen) atoms. The summed E-state index contributed by atoms with van der Waals surface area (Å²) in [5, 5.41) is 6.65. The Balaban J connectivity index is 1.80. The number of nitrogens with one attached hydrogen (secondary N) is 2. The van der Waals surface area contributed by atoms with Gasteiger partial charge in [0.2, 0.25) is 0 Å². The van der Waals surface area contributed by atoms with E-state index in [0.29, 0.717) is 6.54 Å². The Bertz CT molecular complexity index is 758. The molecule has 0 aliphatic heterocycles. The van der Waals surface area contributed by atoms with Crippen LogP contribution < -0.4 is 24.8 Å². The maximum atomic E-state index is 5.67. The van der Waals surface area contributed by atoms with Crippen LogP contribution in [0, 0.1) is 0 Å². The zero-order valence-corrected chi connectivity index (χ0v) is 17.4. The Labute approximate surface area is 167 Å². The predicted molar refractivity (Wildman–Crippen MR) is 114 cm³/mol. The van der Waals surface area contributed by atoms with E-state index >= 15 is 0 Å². The third-order valence-corrected chi connectivity index (χ3v) is 4.13. The van der Waals surface area contributed by atoms with Crippen LogP contribution in [0.5, 0.6) is 17.2 Å². The van der Waals surface area contributed by atoms with Crippen LogP contribution in [0.15, 0.2) is 47.5 Å². The minimum absolute atomic E-state index is 0.188. The fourth-order valence-electron chi connectivity index (χ4n) is 2.73. The van der Waals surface area contributed by atoms with E-state index in [9.17, 15) is 0 Å². The molecule has 0 amide bonds. The lowest BCUT2D eigenvalue weighted by Gasteiger charge is -2.14. The fourth-order valence-corrected chi connectivity index (χ4v) is 2.73. The normalized spacial score (nSPS) is 11.3. The van der Waals surface area contributed by atoms with Crippen LogP contribution in [0.2, 0.25) is 0 Å². The molecule has 2 N–H and O–H groups in total. The molecule has 0 saturated heterocycles. The van der Waals surface area contributed by atoms with Gasteiger partial charge >= 0.3 is 0 Å². The molecule has 0 unspecified atom stereocenters. The Kier molecular flexibility index (Phi) is 8.46. The number of hydrogen-bond acceptors (Lipinski definition) is 4. The summed E-state index contributed by atoms with van der Waals surface area (Å²) < 4.78 is 16.3. The van der Waals surface area contributed by atoms with Crippen LogP contribution in [-0.2, 0) is 13.0 Å². The summed E-state index contributed by atoms with van der Waals surface area (Å²) in [7, 11) is 5.03. The molecule has 152 valence electrons. The van der Waals surface area contributed by atoms with Crippen molar-refractivity contribution in [2.75, 3.05) is 27.8 Å². The van der Waals surface area contributed by atoms with Crippen LogP contribution in [0.3, 0.4) is 0 Å². The van der Waals surface area contributed by atoms with Crippen LogP contribution >= 0.6 is 0 Å². The molecular formula is C22H31N3O3. The first-order chi connectivity index (χ1) is 13.5. The standard InChI is InChI=1S/C22H31N3O3/c1-16(2)28-19-9-6-17(7-10-19)12-13-24-22(23-3)25-15-18-8-11-20(26-4)21(14-18)27-5/h6-11,14,16H,12-13,15H2,1-5H3,(H2,23,24,25). The number of ether oxygens (including phenoxy) is 3. The first-order valence-corrected chi connectivity index (χ1v) is 9.46. The van der Waals surface area contributed by atoms with Gasteiger partial charge in [0.1, 0.15) is 5.75 Å². The van der Waals surface area contributed by atoms with Crippen molar-refractivity contribution in [3.63, 3.8) is 0 Å². The second-order valence-corrected chi connectivity index (χ2v) is 6.60. The van der Waals surface area contributed by atoms with Crippen LogP contribution in [0.1, 0.15) is 25.0 Å². The minimum atomic E-state index is 0.188. The summed E-state index contributed by atoms with van der Waals surface area (Å²) in [6.07, 6.45) is 1.09. The van der Waals surface area contributed by atoms with E-state index in [4.69, 9.17) is 14.2 Å². The molecule has 2 aromatic carbocycles. The average Bonchev–Trinajstić information content (AvgIpc) is 2.71. The van der Waals surface area contributed by atoms with Crippen molar-refractivity contribution in [2.24, 2.45) is 4.99 Å². The lowest BCUT2D eigenvalue weighted by atomic mass is 10.1. The molecule has 0 fully saturated rings. The number of aliphatic imine (C=N–C) groups is 1. The molecule has 0 bridgehead atoms. The molecule has 6 heteroatoms. The molecule has 0 heterocycles. The number of benzene rings is 2. The highest BCUT2D eigenvalue weighted by Gasteiger charge is 2.05. The summed E-state index contributed by atoms with van der Waals surface area (Å²) in [5.41, 5.74) is 2.33. The Morgan fingerprint density at radius 3 is 2.21 bits per heavy atom. The molecule has 0 radical (unpaired) electrons. The smallest absolute Gasteiger partial charge is 0.191 e. The molecule has 0 aliphatic carbocycles. The second kappa shape index (κ2) is 11.1. The second-order valence-electron chi connectivity index (χ2n) is 6.60. The van der Waals surface area contributed by atoms with Gasteiger partial charge in [-0.3, -0.25) is 4.99 Å². The van der Waals surface area contributed by atoms with E-state index in [0.717, 1.165) is 41.7 Å². The van der Waals surface area contributed by atoms with Crippen molar-refractivity contribution >= 4 is 5.96 Å². The van der Waals surface area contributed by atoms with Crippen LogP contribution in [0.25, 0.3) is 0 Å². The summed E-state index contributed by atoms with van der Waals surface area (Å²) >= 11 is 0. The van der Waals surface area contributed by atoms with Crippen molar-refractivity contribution in [3.8, 4) is 17.2 Å². The molecule has 0 aliphatic rings. The van der Waals surface area contributed by atoms with Gasteiger partial charge in [-0.15, -0.1) is 0 Å². The van der Waals surface area contributed by atoms with Crippen molar-refractivity contribution in [2.45, 2.75) is 32.9 Å². The largest absolute Gasteiger partial charge is 0.493 e. The van der Waals surface area contributed by atoms with Gasteiger partial charge in [0.05, 0.1) is 20.3 Å². The van der Waals surface area contributed by atoms with E-state index < -0.39 is 0 Å². The zero-order valence-electron chi connectivity index (χ0n) is 17.4. The van der Waals surface area contributed by atoms with Gasteiger partial charge in [-0.2, -0.15) is 0 Å². The third kappa shape index (κ3) is 6.68. The summed E-state index contributed by atoms with van der Waals surface area (Å²) in [6, 6.07) is 14.1. The molecular weight excluding hydrogens is 354 g/mol. The van der Waals surface area contributed by atoms with Crippen LogP contribution in [-0.4, -0.2) is 39.9 Å². The number of methoxy groups -OCH3 is 2. The van der Waals surface area contributed by atoms with E-state index in [1.807, 2.05) is 44.2 Å². The lowest BCUT2D eigenvalue weighted by Crippen LogP contribution is -2.37. The van der Waals surface area contributed by atoms with Gasteiger partial charge < -0.3 is 24.8 Å². The van der Waals surface area contributed by atoms with Crippen molar-refractivity contribution < 1.29 is 14.2 Å². The SMILES string of the molecule is CN=C(NCCc1ccc(OC(C)C)cc1)NCc1ccc(OC)c(OC)c1. The Morgan fingerprint density at radius 1 is 0.929 bits per heavy atom. The maximum Gasteiger partial charge on any atom is 0.191 e. The summed E-state index contributed by atoms with van der Waals surface area (Å²) in [4.78, 5) is 4.28. The van der Waals surface area contributed by atoms with Crippen molar-refractivity contribution in [3.05, 3.63) is 53.6 Å². The van der Waals surface area contributed by atoms with Gasteiger partial charge in [0, 0.05) is 20.1 Å². The predicted octanol–water partition coefficient (Wildman–Crippen LogP) is 3.40. The number of guanidine groups is 1. The van der Waals surface area contributed by atoms with E-state index in [2.05, 4.69) is 27.8 Å². The molecule has 6 nitrogen and oxygen atoms in total. The Hall–Kier alpha value is -2.89. The number of rotatable bonds is 9. The molecule has 0 saturated carbocycles. The Morgan fingerprint density at radius 2 is 1.61 bits per heavy atom. The number of hydrogen-bond donors (Lipinski definition) is 2. The van der Waals surface area contributed by atoms with E-state index in [1.165, 1.54) is 5.56 Å². The van der Waals surface area contributed by atoms with Crippen molar-refractivity contribution in [1.29, 1.82) is 0 Å². The quantitative estimate of drug-likeness (QED) is 0.512. The third-order valence-electron chi connectivity index (χ3n) is 4.13. The van der Waals surface area contributed by atoms with Gasteiger partial charge in [-0.05, 0) is 55.7 Å². The summed E-state index contributed by atoms with van der Waals surface area (Å²) in [6.45, 7) is 5.48. The summed E-state index contributed by atoms with van der Waals surface area (Å²) in [5.74, 6) is 3.10. The minimum Gasteiger partial charge on any atom is -0.493 e. The monoisotopic (exact) mass is 385 g/mol. The molecule has 2 aromatic rings. The van der Waals surface area contributed by atoms with E-state index in [1.54, 1.807) is 21.3 Å². The molecule has 2 rings (SSSR count). The first-order valence-electron chi connectivity index (χ1n) is 9.46. The van der Waals surface area contributed by atoms with Gasteiger partial charge in [-0.1, -0.05) is 18.2 Å². The van der Waals surface area contributed by atoms with Gasteiger partial charge in [-0.25, -0.2) is 0 Å². The number of nitrogens with zero attached hydrogens (tertiary/aromatic N) is 1. The highest BCUT2D eigenvalue weighted by Crippen LogP contribution is 2.27. The molecule has 0 spiro atoms. The van der Waals surface area contributed by atoms with Gasteiger partial charge in [0.15, 0.2) is 17.5 Å². The van der Waals surface area contributed by atoms with Gasteiger partial charge in [0.25, 0.3) is 0 Å². The highest BCUT2D eigenvalue weighted by atomic mass is 16.5. The molecule has 0 aromatic heterocycles. The highest BCUT2D eigenvalue weighted by molar-refractivity contribution is 5.79.